The Hall–Kier alpha value is -1.76. The monoisotopic (exact) mass is 339 g/mol. The van der Waals surface area contributed by atoms with Crippen LogP contribution in [0.2, 0.25) is 0 Å². The molecule has 0 aliphatic heterocycles. The van der Waals surface area contributed by atoms with Gasteiger partial charge in [0.2, 0.25) is 0 Å². The molecule has 2 rings (SSSR count). The highest BCUT2D eigenvalue weighted by molar-refractivity contribution is 6.17. The highest BCUT2D eigenvalue weighted by Crippen LogP contribution is 2.35. The highest BCUT2D eigenvalue weighted by atomic mass is 35.5. The third-order valence-electron chi connectivity index (χ3n) is 2.88. The molecule has 0 amide bonds. The zero-order valence-electron chi connectivity index (χ0n) is 10.8. The van der Waals surface area contributed by atoms with Crippen LogP contribution in [0.15, 0.2) is 36.4 Å². The molecule has 0 saturated carbocycles. The number of aromatic nitrogens is 1. The van der Waals surface area contributed by atoms with Gasteiger partial charge in [-0.1, -0.05) is 18.2 Å². The van der Waals surface area contributed by atoms with Crippen molar-refractivity contribution in [3.05, 3.63) is 53.2 Å². The second-order valence-electron chi connectivity index (χ2n) is 4.41. The molecular formula is C14H8ClF6N. The van der Waals surface area contributed by atoms with Crippen LogP contribution in [0.3, 0.4) is 0 Å². The summed E-state index contributed by atoms with van der Waals surface area (Å²) in [4.78, 5) is 3.43. The SMILES string of the molecule is FC(F)(F)c1cccc(-c2ccc(CCl)c(C(F)(F)F)n2)c1. The molecule has 0 N–H and O–H groups in total. The van der Waals surface area contributed by atoms with Crippen molar-refractivity contribution >= 4 is 11.6 Å². The minimum atomic E-state index is -4.73. The van der Waals surface area contributed by atoms with E-state index < -0.39 is 29.5 Å². The Bertz CT molecular complexity index is 678. The van der Waals surface area contributed by atoms with Crippen molar-refractivity contribution in [1.82, 2.24) is 4.98 Å². The van der Waals surface area contributed by atoms with Gasteiger partial charge in [0.25, 0.3) is 0 Å². The molecule has 0 fully saturated rings. The highest BCUT2D eigenvalue weighted by Gasteiger charge is 2.36. The fourth-order valence-corrected chi connectivity index (χ4v) is 2.07. The lowest BCUT2D eigenvalue weighted by Gasteiger charge is -2.13. The Morgan fingerprint density at radius 3 is 2.14 bits per heavy atom. The van der Waals surface area contributed by atoms with E-state index >= 15 is 0 Å². The second kappa shape index (κ2) is 5.79. The molecule has 1 aromatic carbocycles. The molecule has 118 valence electrons. The van der Waals surface area contributed by atoms with Crippen LogP contribution in [0.1, 0.15) is 16.8 Å². The lowest BCUT2D eigenvalue weighted by molar-refractivity contribution is -0.141. The Balaban J connectivity index is 2.55. The maximum atomic E-state index is 12.9. The predicted molar refractivity (Wildman–Crippen MR) is 69.2 cm³/mol. The number of hydrogen-bond donors (Lipinski definition) is 0. The standard InChI is InChI=1S/C14H8ClF6N/c15-7-9-4-5-11(22-12(9)14(19,20)21)8-2-1-3-10(6-8)13(16,17)18/h1-6H,7H2. The first-order chi connectivity index (χ1) is 10.1. The van der Waals surface area contributed by atoms with Gasteiger partial charge in [0.15, 0.2) is 0 Å². The van der Waals surface area contributed by atoms with Crippen molar-refractivity contribution in [2.45, 2.75) is 18.2 Å². The minimum absolute atomic E-state index is 0.0542. The van der Waals surface area contributed by atoms with Gasteiger partial charge < -0.3 is 0 Å². The smallest absolute Gasteiger partial charge is 0.243 e. The summed E-state index contributed by atoms with van der Waals surface area (Å²) >= 11 is 5.43. The number of pyridine rings is 1. The Labute approximate surface area is 126 Å². The van der Waals surface area contributed by atoms with Gasteiger partial charge in [0.05, 0.1) is 11.3 Å². The number of hydrogen-bond acceptors (Lipinski definition) is 1. The van der Waals surface area contributed by atoms with Crippen molar-refractivity contribution in [1.29, 1.82) is 0 Å². The van der Waals surface area contributed by atoms with E-state index in [1.54, 1.807) is 0 Å². The van der Waals surface area contributed by atoms with Crippen LogP contribution in [0.25, 0.3) is 11.3 Å². The number of benzene rings is 1. The molecule has 8 heteroatoms. The van der Waals surface area contributed by atoms with Crippen LogP contribution >= 0.6 is 11.6 Å². The van der Waals surface area contributed by atoms with E-state index in [4.69, 9.17) is 11.6 Å². The molecule has 0 atom stereocenters. The summed E-state index contributed by atoms with van der Waals surface area (Å²) in [5.41, 5.74) is -2.64. The molecular weight excluding hydrogens is 332 g/mol. The first-order valence-electron chi connectivity index (χ1n) is 5.93. The molecule has 0 spiro atoms. The van der Waals surface area contributed by atoms with Gasteiger partial charge in [-0.3, -0.25) is 0 Å². The number of nitrogens with zero attached hydrogens (tertiary/aromatic N) is 1. The molecule has 2 aromatic rings. The summed E-state index contributed by atoms with van der Waals surface area (Å²) in [6.07, 6.45) is -9.32. The van der Waals surface area contributed by atoms with Gasteiger partial charge in [0.1, 0.15) is 5.69 Å². The number of halogens is 7. The molecule has 0 unspecified atom stereocenters. The molecule has 0 aliphatic carbocycles. The van der Waals surface area contributed by atoms with Crippen molar-refractivity contribution in [3.63, 3.8) is 0 Å². The van der Waals surface area contributed by atoms with E-state index in [-0.39, 0.29) is 16.8 Å². The van der Waals surface area contributed by atoms with Gasteiger partial charge in [-0.2, -0.15) is 26.3 Å². The maximum absolute atomic E-state index is 12.9. The fourth-order valence-electron chi connectivity index (χ4n) is 1.86. The van der Waals surface area contributed by atoms with Crippen molar-refractivity contribution in [2.24, 2.45) is 0 Å². The Morgan fingerprint density at radius 2 is 1.59 bits per heavy atom. The summed E-state index contributed by atoms with van der Waals surface area (Å²) in [6, 6.07) is 6.28. The quantitative estimate of drug-likeness (QED) is 0.518. The minimum Gasteiger partial charge on any atom is -0.243 e. The zero-order valence-corrected chi connectivity index (χ0v) is 11.5. The predicted octanol–water partition coefficient (Wildman–Crippen LogP) is 5.53. The van der Waals surface area contributed by atoms with Crippen LogP contribution < -0.4 is 0 Å². The Morgan fingerprint density at radius 1 is 0.909 bits per heavy atom. The average molecular weight is 340 g/mol. The molecule has 1 nitrogen and oxygen atoms in total. The molecule has 0 saturated heterocycles. The first kappa shape index (κ1) is 16.6. The lowest BCUT2D eigenvalue weighted by atomic mass is 10.1. The molecule has 0 radical (unpaired) electrons. The summed E-state index contributed by atoms with van der Waals surface area (Å²) in [5, 5.41) is 0. The van der Waals surface area contributed by atoms with Crippen molar-refractivity contribution in [2.75, 3.05) is 0 Å². The van der Waals surface area contributed by atoms with Crippen LogP contribution in [-0.2, 0) is 18.2 Å². The van der Waals surface area contributed by atoms with Gasteiger partial charge in [0, 0.05) is 11.4 Å². The number of rotatable bonds is 2. The summed E-state index contributed by atoms with van der Waals surface area (Å²) < 4.78 is 76.7. The van der Waals surface area contributed by atoms with Crippen molar-refractivity contribution < 1.29 is 26.3 Å². The van der Waals surface area contributed by atoms with Crippen molar-refractivity contribution in [3.8, 4) is 11.3 Å². The maximum Gasteiger partial charge on any atom is 0.433 e. The molecule has 1 aromatic heterocycles. The van der Waals surface area contributed by atoms with Gasteiger partial charge >= 0.3 is 12.4 Å². The van der Waals surface area contributed by atoms with Crippen LogP contribution in [-0.4, -0.2) is 4.98 Å². The van der Waals surface area contributed by atoms with Gasteiger partial charge in [-0.25, -0.2) is 4.98 Å². The van der Waals surface area contributed by atoms with E-state index in [0.29, 0.717) is 0 Å². The van der Waals surface area contributed by atoms with E-state index in [2.05, 4.69) is 4.98 Å². The average Bonchev–Trinajstić information content (AvgIpc) is 2.45. The molecule has 0 aliphatic rings. The summed E-state index contributed by atoms with van der Waals surface area (Å²) in [7, 11) is 0. The molecule has 0 bridgehead atoms. The normalized spacial score (nSPS) is 12.5. The van der Waals surface area contributed by atoms with E-state index in [1.807, 2.05) is 0 Å². The molecule has 1 heterocycles. The number of alkyl halides is 7. The topological polar surface area (TPSA) is 12.9 Å². The van der Waals surface area contributed by atoms with E-state index in [9.17, 15) is 26.3 Å². The van der Waals surface area contributed by atoms with Gasteiger partial charge in [-0.15, -0.1) is 11.6 Å². The van der Waals surface area contributed by atoms with Crippen LogP contribution in [0.4, 0.5) is 26.3 Å². The Kier molecular flexibility index (Phi) is 4.37. The van der Waals surface area contributed by atoms with Crippen LogP contribution in [0, 0.1) is 0 Å². The largest absolute Gasteiger partial charge is 0.433 e. The van der Waals surface area contributed by atoms with E-state index in [0.717, 1.165) is 24.3 Å². The fraction of sp³-hybridized carbons (Fsp3) is 0.214. The third-order valence-corrected chi connectivity index (χ3v) is 3.16. The zero-order chi connectivity index (χ0) is 16.5. The summed E-state index contributed by atoms with van der Waals surface area (Å²) in [6.45, 7) is 0. The molecule has 22 heavy (non-hydrogen) atoms. The lowest BCUT2D eigenvalue weighted by Crippen LogP contribution is -2.12. The second-order valence-corrected chi connectivity index (χ2v) is 4.68. The third kappa shape index (κ3) is 3.52. The van der Waals surface area contributed by atoms with E-state index in [1.165, 1.54) is 12.1 Å². The summed E-state index contributed by atoms with van der Waals surface area (Å²) in [5.74, 6) is -0.398. The van der Waals surface area contributed by atoms with Crippen LogP contribution in [0.5, 0.6) is 0 Å². The van der Waals surface area contributed by atoms with Gasteiger partial charge in [-0.05, 0) is 23.8 Å². The first-order valence-corrected chi connectivity index (χ1v) is 6.47.